The lowest BCUT2D eigenvalue weighted by Gasteiger charge is -2.36. The highest BCUT2D eigenvalue weighted by molar-refractivity contribution is 6.99. The highest BCUT2D eigenvalue weighted by Crippen LogP contribution is 2.39. The van der Waals surface area contributed by atoms with Crippen LogP contribution in [0.1, 0.15) is 57.7 Å². The molecule has 1 aromatic heterocycles. The maximum atomic E-state index is 4.45. The number of nitrogens with zero attached hydrogens (tertiary/aromatic N) is 2. The number of hydrogen-bond donors (Lipinski definition) is 1. The second-order valence-corrected chi connectivity index (χ2v) is 5.54. The summed E-state index contributed by atoms with van der Waals surface area (Å²) in [6.07, 6.45) is 8.75. The van der Waals surface area contributed by atoms with Gasteiger partial charge in [-0.25, -0.2) is 0 Å². The normalized spacial score (nSPS) is 26.9. The molecule has 2 rings (SSSR count). The molecular weight excluding hydrogens is 230 g/mol. The largest absolute Gasteiger partial charge is 0.309 e. The van der Waals surface area contributed by atoms with E-state index in [2.05, 4.69) is 27.9 Å². The molecular formula is C13H23N3S. The lowest BCUT2D eigenvalue weighted by atomic mass is 9.73. The summed E-state index contributed by atoms with van der Waals surface area (Å²) in [5, 5.41) is 3.62. The quantitative estimate of drug-likeness (QED) is 0.874. The van der Waals surface area contributed by atoms with Crippen molar-refractivity contribution in [3.8, 4) is 0 Å². The molecule has 3 unspecified atom stereocenters. The molecule has 0 radical (unpaired) electrons. The fraction of sp³-hybridized carbons (Fsp3) is 0.846. The summed E-state index contributed by atoms with van der Waals surface area (Å²) in [4.78, 5) is 0. The molecule has 17 heavy (non-hydrogen) atoms. The molecule has 3 atom stereocenters. The van der Waals surface area contributed by atoms with E-state index < -0.39 is 0 Å². The van der Waals surface area contributed by atoms with Gasteiger partial charge in [0.2, 0.25) is 0 Å². The summed E-state index contributed by atoms with van der Waals surface area (Å²) in [6.45, 7) is 5.51. The summed E-state index contributed by atoms with van der Waals surface area (Å²) < 4.78 is 8.61. The standard InChI is InChI=1S/C13H23N3S/c1-3-10-7-5-6-8-11(10)13(14-4-2)12-9-15-17-16-12/h9-11,13-14H,3-8H2,1-2H3. The van der Waals surface area contributed by atoms with Crippen molar-refractivity contribution in [3.63, 3.8) is 0 Å². The van der Waals surface area contributed by atoms with Gasteiger partial charge in [-0.15, -0.1) is 0 Å². The second kappa shape index (κ2) is 6.45. The van der Waals surface area contributed by atoms with Crippen molar-refractivity contribution in [1.82, 2.24) is 14.1 Å². The minimum Gasteiger partial charge on any atom is -0.309 e. The maximum Gasteiger partial charge on any atom is 0.0915 e. The number of hydrogen-bond acceptors (Lipinski definition) is 4. The summed E-state index contributed by atoms with van der Waals surface area (Å²) in [7, 11) is 0. The highest BCUT2D eigenvalue weighted by atomic mass is 32.1. The molecule has 0 bridgehead atoms. The van der Waals surface area contributed by atoms with E-state index in [0.29, 0.717) is 6.04 Å². The minimum absolute atomic E-state index is 0.420. The van der Waals surface area contributed by atoms with Crippen molar-refractivity contribution >= 4 is 11.7 Å². The van der Waals surface area contributed by atoms with Crippen molar-refractivity contribution in [2.24, 2.45) is 11.8 Å². The Morgan fingerprint density at radius 2 is 2.24 bits per heavy atom. The zero-order valence-corrected chi connectivity index (χ0v) is 11.7. The van der Waals surface area contributed by atoms with Gasteiger partial charge in [-0.05, 0) is 24.8 Å². The first-order valence-electron chi connectivity index (χ1n) is 6.87. The van der Waals surface area contributed by atoms with Crippen molar-refractivity contribution in [3.05, 3.63) is 11.9 Å². The van der Waals surface area contributed by atoms with E-state index >= 15 is 0 Å². The highest BCUT2D eigenvalue weighted by Gasteiger charge is 2.32. The Morgan fingerprint density at radius 3 is 2.88 bits per heavy atom. The topological polar surface area (TPSA) is 37.8 Å². The van der Waals surface area contributed by atoms with Gasteiger partial charge in [-0.1, -0.05) is 39.5 Å². The fourth-order valence-corrected chi connectivity index (χ4v) is 3.64. The van der Waals surface area contributed by atoms with Crippen LogP contribution in [-0.4, -0.2) is 15.3 Å². The molecule has 96 valence electrons. The van der Waals surface area contributed by atoms with Crippen LogP contribution in [0.3, 0.4) is 0 Å². The van der Waals surface area contributed by atoms with Crippen molar-refractivity contribution in [1.29, 1.82) is 0 Å². The van der Waals surface area contributed by atoms with Crippen LogP contribution < -0.4 is 5.32 Å². The third-order valence-electron chi connectivity index (χ3n) is 4.04. The summed E-state index contributed by atoms with van der Waals surface area (Å²) in [5.74, 6) is 1.60. The molecule has 0 spiro atoms. The van der Waals surface area contributed by atoms with E-state index in [9.17, 15) is 0 Å². The molecule has 0 saturated heterocycles. The Hall–Kier alpha value is -0.480. The average Bonchev–Trinajstić information content (AvgIpc) is 2.89. The van der Waals surface area contributed by atoms with Crippen LogP contribution in [0.2, 0.25) is 0 Å². The third-order valence-corrected chi connectivity index (χ3v) is 4.53. The number of nitrogens with one attached hydrogen (secondary N) is 1. The molecule has 3 nitrogen and oxygen atoms in total. The van der Waals surface area contributed by atoms with Crippen LogP contribution in [0.4, 0.5) is 0 Å². The SMILES string of the molecule is CCNC(c1cnsn1)C1CCCCC1CC. The van der Waals surface area contributed by atoms with Gasteiger partial charge in [0, 0.05) is 0 Å². The van der Waals surface area contributed by atoms with Crippen LogP contribution in [0.5, 0.6) is 0 Å². The molecule has 1 fully saturated rings. The average molecular weight is 253 g/mol. The molecule has 1 aliphatic rings. The summed E-state index contributed by atoms with van der Waals surface area (Å²) in [6, 6.07) is 0.420. The number of aromatic nitrogens is 2. The first-order chi connectivity index (χ1) is 8.36. The molecule has 4 heteroatoms. The number of rotatable bonds is 5. The Kier molecular flexibility index (Phi) is 4.92. The van der Waals surface area contributed by atoms with Crippen molar-refractivity contribution < 1.29 is 0 Å². The first kappa shape index (κ1) is 13.0. The van der Waals surface area contributed by atoms with Crippen LogP contribution >= 0.6 is 11.7 Å². The molecule has 1 heterocycles. The fourth-order valence-electron chi connectivity index (χ4n) is 3.19. The van der Waals surface area contributed by atoms with Gasteiger partial charge < -0.3 is 5.32 Å². The van der Waals surface area contributed by atoms with Gasteiger partial charge >= 0.3 is 0 Å². The van der Waals surface area contributed by atoms with Crippen molar-refractivity contribution in [2.75, 3.05) is 6.54 Å². The van der Waals surface area contributed by atoms with E-state index in [1.54, 1.807) is 0 Å². The first-order valence-corrected chi connectivity index (χ1v) is 7.60. The van der Waals surface area contributed by atoms with Gasteiger partial charge in [0.1, 0.15) is 0 Å². The molecule has 1 N–H and O–H groups in total. The van der Waals surface area contributed by atoms with E-state index in [0.717, 1.165) is 24.1 Å². The Labute approximate surface area is 108 Å². The molecule has 0 aliphatic heterocycles. The lowest BCUT2D eigenvalue weighted by molar-refractivity contribution is 0.175. The zero-order valence-electron chi connectivity index (χ0n) is 10.9. The monoisotopic (exact) mass is 253 g/mol. The Bertz CT molecular complexity index is 312. The van der Waals surface area contributed by atoms with E-state index in [-0.39, 0.29) is 0 Å². The lowest BCUT2D eigenvalue weighted by Crippen LogP contribution is -2.34. The predicted octanol–water partition coefficient (Wildman–Crippen LogP) is 3.41. The van der Waals surface area contributed by atoms with Crippen LogP contribution in [-0.2, 0) is 0 Å². The van der Waals surface area contributed by atoms with Crippen LogP contribution in [0.25, 0.3) is 0 Å². The predicted molar refractivity (Wildman–Crippen MR) is 72.1 cm³/mol. The minimum atomic E-state index is 0.420. The molecule has 0 amide bonds. The van der Waals surface area contributed by atoms with Gasteiger partial charge in [0.15, 0.2) is 0 Å². The maximum absolute atomic E-state index is 4.45. The summed E-state index contributed by atoms with van der Waals surface area (Å²) >= 11 is 1.33. The smallest absolute Gasteiger partial charge is 0.0915 e. The molecule has 1 saturated carbocycles. The van der Waals surface area contributed by atoms with Crippen LogP contribution in [0.15, 0.2) is 6.20 Å². The van der Waals surface area contributed by atoms with Crippen LogP contribution in [0, 0.1) is 11.8 Å². The van der Waals surface area contributed by atoms with Gasteiger partial charge in [0.05, 0.1) is 29.7 Å². The molecule has 0 aromatic carbocycles. The zero-order chi connectivity index (χ0) is 12.1. The molecule has 1 aliphatic carbocycles. The Morgan fingerprint density at radius 1 is 1.41 bits per heavy atom. The van der Waals surface area contributed by atoms with E-state index in [1.807, 2.05) is 6.20 Å². The van der Waals surface area contributed by atoms with Gasteiger partial charge in [-0.3, -0.25) is 0 Å². The van der Waals surface area contributed by atoms with Gasteiger partial charge in [0.25, 0.3) is 0 Å². The Balaban J connectivity index is 2.13. The third kappa shape index (κ3) is 3.05. The van der Waals surface area contributed by atoms with E-state index in [1.165, 1.54) is 43.8 Å². The summed E-state index contributed by atoms with van der Waals surface area (Å²) in [5.41, 5.74) is 1.15. The van der Waals surface area contributed by atoms with Gasteiger partial charge in [-0.2, -0.15) is 8.75 Å². The molecule has 1 aromatic rings. The van der Waals surface area contributed by atoms with E-state index in [4.69, 9.17) is 0 Å². The van der Waals surface area contributed by atoms with Crippen molar-refractivity contribution in [2.45, 2.75) is 52.0 Å². The second-order valence-electron chi connectivity index (χ2n) is 4.98.